The van der Waals surface area contributed by atoms with E-state index in [9.17, 15) is 9.59 Å². The molecule has 1 aliphatic rings. The van der Waals surface area contributed by atoms with Gasteiger partial charge in [0.15, 0.2) is 0 Å². The van der Waals surface area contributed by atoms with E-state index in [-0.39, 0.29) is 24.9 Å². The van der Waals surface area contributed by atoms with Crippen LogP contribution in [-0.2, 0) is 9.59 Å². The minimum Gasteiger partial charge on any atom is -0.294 e. The van der Waals surface area contributed by atoms with Crippen LogP contribution in [0.2, 0.25) is 0 Å². The zero-order valence-corrected chi connectivity index (χ0v) is 7.63. The molecule has 1 rings (SSSR count). The van der Waals surface area contributed by atoms with Gasteiger partial charge in [-0.1, -0.05) is 0 Å². The number of nitrogens with zero attached hydrogens (tertiary/aromatic N) is 2. The van der Waals surface area contributed by atoms with Crippen molar-refractivity contribution in [3.05, 3.63) is 0 Å². The fourth-order valence-corrected chi connectivity index (χ4v) is 1.17. The summed E-state index contributed by atoms with van der Waals surface area (Å²) in [4.78, 5) is 23.8. The van der Waals surface area contributed by atoms with Crippen molar-refractivity contribution in [2.75, 3.05) is 13.1 Å². The zero-order valence-electron chi connectivity index (χ0n) is 7.63. The summed E-state index contributed by atoms with van der Waals surface area (Å²) < 4.78 is 0. The highest BCUT2D eigenvalue weighted by Gasteiger charge is 2.40. The number of piperazine rings is 1. The number of rotatable bonds is 1. The lowest BCUT2D eigenvalue weighted by molar-refractivity contribution is -0.144. The molecule has 1 fully saturated rings. The van der Waals surface area contributed by atoms with E-state index < -0.39 is 5.54 Å². The van der Waals surface area contributed by atoms with E-state index in [0.717, 1.165) is 0 Å². The predicted molar refractivity (Wildman–Crippen MR) is 44.4 cm³/mol. The lowest BCUT2D eigenvalue weighted by Gasteiger charge is -2.38. The van der Waals surface area contributed by atoms with E-state index in [0.29, 0.717) is 0 Å². The third-order valence-corrected chi connectivity index (χ3v) is 2.20. The Hall–Kier alpha value is -1.41. The lowest BCUT2D eigenvalue weighted by Crippen LogP contribution is -2.63. The molecule has 0 aromatic heterocycles. The molecule has 0 atom stereocenters. The van der Waals surface area contributed by atoms with Crippen LogP contribution in [0.25, 0.3) is 0 Å². The van der Waals surface area contributed by atoms with Crippen molar-refractivity contribution in [3.63, 3.8) is 0 Å². The fraction of sp³-hybridized carbons (Fsp3) is 0.625. The fourth-order valence-electron chi connectivity index (χ4n) is 1.17. The van der Waals surface area contributed by atoms with E-state index in [1.54, 1.807) is 18.7 Å². The summed E-state index contributed by atoms with van der Waals surface area (Å²) in [6.45, 7) is 3.57. The molecule has 1 heterocycles. The van der Waals surface area contributed by atoms with Crippen molar-refractivity contribution >= 4 is 11.8 Å². The van der Waals surface area contributed by atoms with Crippen LogP contribution >= 0.6 is 0 Å². The third-order valence-electron chi connectivity index (χ3n) is 2.20. The average molecular weight is 181 g/mol. The van der Waals surface area contributed by atoms with Gasteiger partial charge in [0.2, 0.25) is 11.8 Å². The second kappa shape index (κ2) is 3.15. The first-order valence-electron chi connectivity index (χ1n) is 3.95. The smallest absolute Gasteiger partial charge is 0.246 e. The summed E-state index contributed by atoms with van der Waals surface area (Å²) in [5.41, 5.74) is -0.774. The van der Waals surface area contributed by atoms with Gasteiger partial charge in [-0.3, -0.25) is 19.8 Å². The first-order chi connectivity index (χ1) is 5.98. The van der Waals surface area contributed by atoms with Gasteiger partial charge in [0.1, 0.15) is 0 Å². The van der Waals surface area contributed by atoms with Crippen LogP contribution in [0.5, 0.6) is 0 Å². The molecule has 0 spiro atoms. The summed E-state index contributed by atoms with van der Waals surface area (Å²) in [5, 5.41) is 10.7. The standard InChI is InChI=1S/C8H11N3O2/c1-8(2)7(13)10-6(12)5-11(8)4-3-9/h4-5H2,1-2H3,(H,10,12,13). The van der Waals surface area contributed by atoms with Crippen molar-refractivity contribution in [2.45, 2.75) is 19.4 Å². The molecule has 5 heteroatoms. The van der Waals surface area contributed by atoms with E-state index in [4.69, 9.17) is 5.26 Å². The molecule has 0 bridgehead atoms. The Kier molecular flexibility index (Phi) is 2.34. The highest BCUT2D eigenvalue weighted by Crippen LogP contribution is 2.16. The first-order valence-corrected chi connectivity index (χ1v) is 3.95. The molecule has 13 heavy (non-hydrogen) atoms. The van der Waals surface area contributed by atoms with Crippen molar-refractivity contribution in [1.82, 2.24) is 10.2 Å². The molecule has 0 unspecified atom stereocenters. The largest absolute Gasteiger partial charge is 0.294 e. The van der Waals surface area contributed by atoms with Crippen LogP contribution in [0.1, 0.15) is 13.8 Å². The maximum absolute atomic E-state index is 11.3. The van der Waals surface area contributed by atoms with Crippen LogP contribution in [0.15, 0.2) is 0 Å². The van der Waals surface area contributed by atoms with Gasteiger partial charge in [0.05, 0.1) is 24.7 Å². The van der Waals surface area contributed by atoms with E-state index in [1.165, 1.54) is 0 Å². The van der Waals surface area contributed by atoms with Crippen LogP contribution in [0, 0.1) is 11.3 Å². The molecular formula is C8H11N3O2. The summed E-state index contributed by atoms with van der Waals surface area (Å²) in [5.74, 6) is -0.696. The Morgan fingerprint density at radius 1 is 1.62 bits per heavy atom. The van der Waals surface area contributed by atoms with Crippen LogP contribution in [0.3, 0.4) is 0 Å². The van der Waals surface area contributed by atoms with Gasteiger partial charge in [-0.25, -0.2) is 0 Å². The molecule has 1 saturated heterocycles. The van der Waals surface area contributed by atoms with Gasteiger partial charge in [-0.05, 0) is 13.8 Å². The number of hydrogen-bond acceptors (Lipinski definition) is 4. The Morgan fingerprint density at radius 2 is 2.23 bits per heavy atom. The third kappa shape index (κ3) is 1.68. The first kappa shape index (κ1) is 9.68. The van der Waals surface area contributed by atoms with Gasteiger partial charge < -0.3 is 0 Å². The average Bonchev–Trinajstić information content (AvgIpc) is 2.01. The summed E-state index contributed by atoms with van der Waals surface area (Å²) in [6, 6.07) is 1.93. The van der Waals surface area contributed by atoms with Crippen molar-refractivity contribution < 1.29 is 9.59 Å². The number of imide groups is 1. The summed E-state index contributed by atoms with van der Waals surface area (Å²) >= 11 is 0. The molecule has 1 N–H and O–H groups in total. The molecule has 5 nitrogen and oxygen atoms in total. The number of nitriles is 1. The van der Waals surface area contributed by atoms with E-state index in [2.05, 4.69) is 5.32 Å². The molecule has 1 aliphatic heterocycles. The molecule has 0 saturated carbocycles. The molecular weight excluding hydrogens is 170 g/mol. The van der Waals surface area contributed by atoms with E-state index in [1.807, 2.05) is 6.07 Å². The summed E-state index contributed by atoms with van der Waals surface area (Å²) in [7, 11) is 0. The van der Waals surface area contributed by atoms with Gasteiger partial charge in [-0.15, -0.1) is 0 Å². The monoisotopic (exact) mass is 181 g/mol. The van der Waals surface area contributed by atoms with Gasteiger partial charge >= 0.3 is 0 Å². The number of hydrogen-bond donors (Lipinski definition) is 1. The lowest BCUT2D eigenvalue weighted by atomic mass is 9.99. The second-order valence-corrected chi connectivity index (χ2v) is 3.45. The Labute approximate surface area is 76.3 Å². The molecule has 0 aromatic carbocycles. The summed E-state index contributed by atoms with van der Waals surface area (Å²) in [6.07, 6.45) is 0. The van der Waals surface area contributed by atoms with Crippen molar-refractivity contribution in [2.24, 2.45) is 0 Å². The predicted octanol–water partition coefficient (Wildman–Crippen LogP) is -0.753. The normalized spacial score (nSPS) is 22.2. The number of nitrogens with one attached hydrogen (secondary N) is 1. The molecule has 0 radical (unpaired) electrons. The maximum Gasteiger partial charge on any atom is 0.246 e. The molecule has 2 amide bonds. The van der Waals surface area contributed by atoms with Crippen molar-refractivity contribution in [1.29, 1.82) is 5.26 Å². The minimum absolute atomic E-state index is 0.0894. The highest BCUT2D eigenvalue weighted by atomic mass is 16.2. The quantitative estimate of drug-likeness (QED) is 0.426. The second-order valence-electron chi connectivity index (χ2n) is 3.45. The topological polar surface area (TPSA) is 73.2 Å². The molecule has 0 aromatic rings. The van der Waals surface area contributed by atoms with Gasteiger partial charge in [-0.2, -0.15) is 5.26 Å². The SMILES string of the molecule is CC1(C)C(=O)NC(=O)CN1CC#N. The molecule has 0 aliphatic carbocycles. The Bertz CT molecular complexity index is 290. The van der Waals surface area contributed by atoms with Gasteiger partial charge in [0, 0.05) is 0 Å². The van der Waals surface area contributed by atoms with Gasteiger partial charge in [0.25, 0.3) is 0 Å². The maximum atomic E-state index is 11.3. The zero-order chi connectivity index (χ0) is 10.1. The van der Waals surface area contributed by atoms with Crippen molar-refractivity contribution in [3.8, 4) is 6.07 Å². The van der Waals surface area contributed by atoms with Crippen LogP contribution < -0.4 is 5.32 Å². The minimum atomic E-state index is -0.774. The Morgan fingerprint density at radius 3 is 2.77 bits per heavy atom. The number of carbonyl (C=O) groups is 2. The van der Waals surface area contributed by atoms with Crippen LogP contribution in [0.4, 0.5) is 0 Å². The van der Waals surface area contributed by atoms with Crippen LogP contribution in [-0.4, -0.2) is 35.3 Å². The molecule has 70 valence electrons. The number of carbonyl (C=O) groups excluding carboxylic acids is 2. The Balaban J connectivity index is 2.86. The highest BCUT2D eigenvalue weighted by molar-refractivity contribution is 6.02. The van der Waals surface area contributed by atoms with E-state index >= 15 is 0 Å². The number of amides is 2.